The molecule has 0 aliphatic rings. The molecule has 3 aromatic heterocycles. The van der Waals surface area contributed by atoms with Crippen molar-refractivity contribution in [1.29, 1.82) is 0 Å². The Hall–Kier alpha value is -5.58. The van der Waals surface area contributed by atoms with Crippen molar-refractivity contribution in [3.8, 4) is 45.0 Å². The van der Waals surface area contributed by atoms with E-state index in [1.807, 2.05) is 35.6 Å². The first-order chi connectivity index (χ1) is 21.8. The van der Waals surface area contributed by atoms with Crippen LogP contribution in [-0.4, -0.2) is 9.97 Å². The number of thiophene rings is 1. The third-order valence-electron chi connectivity index (χ3n) is 8.34. The molecule has 3 heterocycles. The molecular weight excluding hydrogens is 557 g/mol. The van der Waals surface area contributed by atoms with Crippen LogP contribution in [0.25, 0.3) is 87.1 Å². The van der Waals surface area contributed by atoms with Gasteiger partial charge in [0.05, 0.1) is 11.4 Å². The second-order valence-electron chi connectivity index (χ2n) is 10.9. The maximum absolute atomic E-state index is 6.26. The second-order valence-corrected chi connectivity index (χ2v) is 12.0. The standard InChI is InChI=1S/C40H24N2OS/c1-2-12-25(13-3-1)26-14-4-5-15-27(26)33-24-34(30-19-10-18-29-28-16-7-9-23-37(28)44-39(29)30)42-40(41-33)32-20-11-22-36-38(32)31-17-6-8-21-35(31)43-36/h1-24H. The Kier molecular flexibility index (Phi) is 5.68. The van der Waals surface area contributed by atoms with E-state index in [9.17, 15) is 0 Å². The SMILES string of the molecule is c1ccc(-c2ccccc2-c2cc(-c3cccc4c3sc3ccccc34)nc(-c3cccc4oc5ccccc5c34)n2)cc1. The van der Waals surface area contributed by atoms with Crippen LogP contribution in [0.2, 0.25) is 0 Å². The summed E-state index contributed by atoms with van der Waals surface area (Å²) in [7, 11) is 0. The van der Waals surface area contributed by atoms with Gasteiger partial charge in [0, 0.05) is 47.6 Å². The van der Waals surface area contributed by atoms with Crippen molar-refractivity contribution in [2.24, 2.45) is 0 Å². The fourth-order valence-electron chi connectivity index (χ4n) is 6.33. The smallest absolute Gasteiger partial charge is 0.161 e. The number of furan rings is 1. The number of hydrogen-bond donors (Lipinski definition) is 0. The number of benzene rings is 6. The van der Waals surface area contributed by atoms with Crippen molar-refractivity contribution in [2.75, 3.05) is 0 Å². The molecule has 0 amide bonds. The van der Waals surface area contributed by atoms with Gasteiger partial charge in [-0.15, -0.1) is 11.3 Å². The third kappa shape index (κ3) is 3.96. The van der Waals surface area contributed by atoms with E-state index in [0.717, 1.165) is 61.1 Å². The van der Waals surface area contributed by atoms with E-state index in [2.05, 4.69) is 121 Å². The highest BCUT2D eigenvalue weighted by atomic mass is 32.1. The fraction of sp³-hybridized carbons (Fsp3) is 0. The summed E-state index contributed by atoms with van der Waals surface area (Å²) in [4.78, 5) is 10.6. The van der Waals surface area contributed by atoms with Crippen molar-refractivity contribution in [3.63, 3.8) is 0 Å². The Bertz CT molecular complexity index is 2510. The summed E-state index contributed by atoms with van der Waals surface area (Å²) in [6.07, 6.45) is 0. The van der Waals surface area contributed by atoms with Crippen LogP contribution in [-0.2, 0) is 0 Å². The van der Waals surface area contributed by atoms with Crippen LogP contribution >= 0.6 is 11.3 Å². The molecule has 0 radical (unpaired) electrons. The van der Waals surface area contributed by atoms with E-state index >= 15 is 0 Å². The molecule has 0 unspecified atom stereocenters. The maximum atomic E-state index is 6.26. The Morgan fingerprint density at radius 2 is 1.07 bits per heavy atom. The van der Waals surface area contributed by atoms with E-state index in [1.165, 1.54) is 20.2 Å². The van der Waals surface area contributed by atoms with Gasteiger partial charge >= 0.3 is 0 Å². The molecule has 6 aromatic carbocycles. The van der Waals surface area contributed by atoms with Gasteiger partial charge in [-0.2, -0.15) is 0 Å². The first kappa shape index (κ1) is 25.0. The van der Waals surface area contributed by atoms with Gasteiger partial charge < -0.3 is 4.42 Å². The largest absolute Gasteiger partial charge is 0.456 e. The molecular formula is C40H24N2OS. The van der Waals surface area contributed by atoms with E-state index < -0.39 is 0 Å². The molecule has 0 spiro atoms. The number of aromatic nitrogens is 2. The van der Waals surface area contributed by atoms with E-state index in [0.29, 0.717) is 5.82 Å². The summed E-state index contributed by atoms with van der Waals surface area (Å²) in [6.45, 7) is 0. The van der Waals surface area contributed by atoms with Gasteiger partial charge in [-0.25, -0.2) is 9.97 Å². The average Bonchev–Trinajstić information content (AvgIpc) is 3.67. The Morgan fingerprint density at radius 1 is 0.455 bits per heavy atom. The highest BCUT2D eigenvalue weighted by Crippen LogP contribution is 2.42. The molecule has 4 heteroatoms. The summed E-state index contributed by atoms with van der Waals surface area (Å²) in [5, 5.41) is 4.61. The molecule has 206 valence electrons. The molecule has 44 heavy (non-hydrogen) atoms. The molecule has 0 atom stereocenters. The van der Waals surface area contributed by atoms with E-state index in [1.54, 1.807) is 0 Å². The van der Waals surface area contributed by atoms with Crippen LogP contribution in [0.15, 0.2) is 150 Å². The molecule has 0 aliphatic carbocycles. The molecule has 0 fully saturated rings. The highest BCUT2D eigenvalue weighted by Gasteiger charge is 2.19. The summed E-state index contributed by atoms with van der Waals surface area (Å²) in [5.41, 5.74) is 8.88. The minimum atomic E-state index is 0.677. The predicted molar refractivity (Wildman–Crippen MR) is 184 cm³/mol. The van der Waals surface area contributed by atoms with Gasteiger partial charge in [-0.3, -0.25) is 0 Å². The normalized spacial score (nSPS) is 11.6. The zero-order valence-electron chi connectivity index (χ0n) is 23.6. The number of para-hydroxylation sites is 1. The molecule has 0 aliphatic heterocycles. The highest BCUT2D eigenvalue weighted by molar-refractivity contribution is 7.26. The molecule has 0 N–H and O–H groups in total. The monoisotopic (exact) mass is 580 g/mol. The van der Waals surface area contributed by atoms with Gasteiger partial charge in [-0.1, -0.05) is 121 Å². The molecule has 9 rings (SSSR count). The lowest BCUT2D eigenvalue weighted by Gasteiger charge is -2.13. The average molecular weight is 581 g/mol. The quantitative estimate of drug-likeness (QED) is 0.208. The minimum absolute atomic E-state index is 0.677. The third-order valence-corrected chi connectivity index (χ3v) is 9.56. The minimum Gasteiger partial charge on any atom is -0.456 e. The zero-order chi connectivity index (χ0) is 29.0. The zero-order valence-corrected chi connectivity index (χ0v) is 24.4. The Labute approximate surface area is 257 Å². The topological polar surface area (TPSA) is 38.9 Å². The maximum Gasteiger partial charge on any atom is 0.161 e. The van der Waals surface area contributed by atoms with E-state index in [-0.39, 0.29) is 0 Å². The number of rotatable bonds is 4. The van der Waals surface area contributed by atoms with Crippen molar-refractivity contribution >= 4 is 53.4 Å². The number of hydrogen-bond acceptors (Lipinski definition) is 4. The molecule has 0 saturated carbocycles. The van der Waals surface area contributed by atoms with Gasteiger partial charge in [0.15, 0.2) is 5.82 Å². The second kappa shape index (κ2) is 10.0. The number of nitrogens with zero attached hydrogens (tertiary/aromatic N) is 2. The van der Waals surface area contributed by atoms with Crippen LogP contribution in [0.3, 0.4) is 0 Å². The van der Waals surface area contributed by atoms with Gasteiger partial charge in [-0.05, 0) is 35.4 Å². The van der Waals surface area contributed by atoms with E-state index in [4.69, 9.17) is 14.4 Å². The summed E-state index contributed by atoms with van der Waals surface area (Å²) >= 11 is 1.82. The van der Waals surface area contributed by atoms with Gasteiger partial charge in [0.1, 0.15) is 11.2 Å². The van der Waals surface area contributed by atoms with Crippen molar-refractivity contribution in [3.05, 3.63) is 146 Å². The lowest BCUT2D eigenvalue weighted by Crippen LogP contribution is -1.97. The first-order valence-corrected chi connectivity index (χ1v) is 15.5. The molecule has 9 aromatic rings. The summed E-state index contributed by atoms with van der Waals surface area (Å²) in [6, 6.07) is 50.6. The first-order valence-electron chi connectivity index (χ1n) is 14.7. The van der Waals surface area contributed by atoms with Crippen LogP contribution in [0.5, 0.6) is 0 Å². The van der Waals surface area contributed by atoms with Crippen molar-refractivity contribution in [2.45, 2.75) is 0 Å². The molecule has 0 bridgehead atoms. The Morgan fingerprint density at radius 3 is 1.95 bits per heavy atom. The summed E-state index contributed by atoms with van der Waals surface area (Å²) < 4.78 is 8.76. The van der Waals surface area contributed by atoms with Crippen LogP contribution in [0.1, 0.15) is 0 Å². The van der Waals surface area contributed by atoms with Gasteiger partial charge in [0.2, 0.25) is 0 Å². The molecule has 0 saturated heterocycles. The molecule has 3 nitrogen and oxygen atoms in total. The predicted octanol–water partition coefficient (Wildman–Crippen LogP) is 11.4. The lowest BCUT2D eigenvalue weighted by atomic mass is 9.96. The van der Waals surface area contributed by atoms with Crippen LogP contribution in [0, 0.1) is 0 Å². The van der Waals surface area contributed by atoms with Crippen LogP contribution < -0.4 is 0 Å². The Balaban J connectivity index is 1.36. The van der Waals surface area contributed by atoms with Crippen LogP contribution in [0.4, 0.5) is 0 Å². The lowest BCUT2D eigenvalue weighted by molar-refractivity contribution is 0.669. The summed E-state index contributed by atoms with van der Waals surface area (Å²) in [5.74, 6) is 0.677. The van der Waals surface area contributed by atoms with Gasteiger partial charge in [0.25, 0.3) is 0 Å². The fourth-order valence-corrected chi connectivity index (χ4v) is 7.55. The van der Waals surface area contributed by atoms with Crippen molar-refractivity contribution in [1.82, 2.24) is 9.97 Å². The van der Waals surface area contributed by atoms with Crippen molar-refractivity contribution < 1.29 is 4.42 Å². The number of fused-ring (bicyclic) bond motifs is 6.